The fraction of sp³-hybridized carbons (Fsp3) is 0.429. The van der Waals surface area contributed by atoms with Crippen molar-refractivity contribution in [3.05, 3.63) is 30.3 Å². The molecule has 0 spiro atoms. The minimum atomic E-state index is -0.578. The Bertz CT molecular complexity index is 459. The lowest BCUT2D eigenvalue weighted by Gasteiger charge is -2.16. The molecule has 0 unspecified atom stereocenters. The van der Waals surface area contributed by atoms with E-state index in [1.165, 1.54) is 0 Å². The topological polar surface area (TPSA) is 69.6 Å². The molecule has 1 aliphatic heterocycles. The van der Waals surface area contributed by atoms with E-state index in [1.807, 2.05) is 30.3 Å². The lowest BCUT2D eigenvalue weighted by molar-refractivity contribution is -0.126. The van der Waals surface area contributed by atoms with Gasteiger partial charge in [-0.2, -0.15) is 0 Å². The summed E-state index contributed by atoms with van der Waals surface area (Å²) in [5.74, 6) is -0.553. The van der Waals surface area contributed by atoms with Crippen molar-refractivity contribution in [2.45, 2.75) is 19.4 Å². The Kier molecular flexibility index (Phi) is 4.16. The number of hydrogen-bond donors (Lipinski definition) is 2. The van der Waals surface area contributed by atoms with Crippen molar-refractivity contribution in [3.63, 3.8) is 0 Å². The van der Waals surface area contributed by atoms with Crippen molar-refractivity contribution < 1.29 is 14.7 Å². The maximum Gasteiger partial charge on any atom is 0.227 e. The molecule has 1 aromatic rings. The Morgan fingerprint density at radius 3 is 2.79 bits per heavy atom. The second kappa shape index (κ2) is 5.84. The zero-order valence-electron chi connectivity index (χ0n) is 10.9. The second-order valence-corrected chi connectivity index (χ2v) is 4.84. The predicted molar refractivity (Wildman–Crippen MR) is 71.6 cm³/mol. The van der Waals surface area contributed by atoms with Gasteiger partial charge in [0.05, 0.1) is 12.0 Å². The highest BCUT2D eigenvalue weighted by Crippen LogP contribution is 2.24. The van der Waals surface area contributed by atoms with E-state index in [9.17, 15) is 9.59 Å². The van der Waals surface area contributed by atoms with Crippen LogP contribution in [0.25, 0.3) is 0 Å². The highest BCUT2D eigenvalue weighted by atomic mass is 16.3. The van der Waals surface area contributed by atoms with Crippen LogP contribution in [0.3, 0.4) is 0 Å². The van der Waals surface area contributed by atoms with Gasteiger partial charge in [-0.15, -0.1) is 0 Å². The molecule has 5 nitrogen and oxygen atoms in total. The number of anilines is 1. The first-order chi connectivity index (χ1) is 9.08. The van der Waals surface area contributed by atoms with Crippen molar-refractivity contribution >= 4 is 17.5 Å². The standard InChI is InChI=1S/C14H18N2O3/c1-10(17)8-15-14(19)11-7-13(18)16(9-11)12-5-3-2-4-6-12/h2-6,10-11,17H,7-9H2,1H3,(H,15,19)/t10-,11-/m0/s1. The molecule has 1 fully saturated rings. The van der Waals surface area contributed by atoms with Crippen LogP contribution in [0.5, 0.6) is 0 Å². The summed E-state index contributed by atoms with van der Waals surface area (Å²) >= 11 is 0. The molecule has 19 heavy (non-hydrogen) atoms. The van der Waals surface area contributed by atoms with Crippen LogP contribution >= 0.6 is 0 Å². The summed E-state index contributed by atoms with van der Waals surface area (Å²) in [6.45, 7) is 2.22. The molecule has 1 aliphatic rings. The average molecular weight is 262 g/mol. The van der Waals surface area contributed by atoms with Gasteiger partial charge in [0, 0.05) is 25.2 Å². The SMILES string of the molecule is C[C@H](O)CNC(=O)[C@H]1CC(=O)N(c2ccccc2)C1. The molecule has 5 heteroatoms. The van der Waals surface area contributed by atoms with Gasteiger partial charge in [0.2, 0.25) is 11.8 Å². The van der Waals surface area contributed by atoms with Crippen molar-refractivity contribution in [2.75, 3.05) is 18.0 Å². The van der Waals surface area contributed by atoms with E-state index in [4.69, 9.17) is 5.11 Å². The number of rotatable bonds is 4. The molecule has 1 heterocycles. The number of aliphatic hydroxyl groups is 1. The van der Waals surface area contributed by atoms with Gasteiger partial charge in [-0.05, 0) is 19.1 Å². The van der Waals surface area contributed by atoms with E-state index >= 15 is 0 Å². The first kappa shape index (κ1) is 13.5. The molecule has 2 rings (SSSR count). The molecule has 0 radical (unpaired) electrons. The number of hydrogen-bond acceptors (Lipinski definition) is 3. The maximum atomic E-state index is 11.9. The summed E-state index contributed by atoms with van der Waals surface area (Å²) < 4.78 is 0. The minimum absolute atomic E-state index is 0.0385. The van der Waals surface area contributed by atoms with Crippen molar-refractivity contribution in [1.29, 1.82) is 0 Å². The summed E-state index contributed by atoms with van der Waals surface area (Å²) in [4.78, 5) is 25.4. The monoisotopic (exact) mass is 262 g/mol. The predicted octanol–water partition coefficient (Wildman–Crippen LogP) is 0.536. The number of aliphatic hydroxyl groups excluding tert-OH is 1. The van der Waals surface area contributed by atoms with Gasteiger partial charge in [-0.25, -0.2) is 0 Å². The first-order valence-electron chi connectivity index (χ1n) is 6.39. The van der Waals surface area contributed by atoms with Crippen LogP contribution in [0.1, 0.15) is 13.3 Å². The summed E-state index contributed by atoms with van der Waals surface area (Å²) in [6, 6.07) is 9.33. The molecule has 0 saturated carbocycles. The molecule has 2 amide bonds. The van der Waals surface area contributed by atoms with Gasteiger partial charge in [0.25, 0.3) is 0 Å². The van der Waals surface area contributed by atoms with Gasteiger partial charge in [0.15, 0.2) is 0 Å². The quantitative estimate of drug-likeness (QED) is 0.832. The van der Waals surface area contributed by atoms with Gasteiger partial charge in [0.1, 0.15) is 0 Å². The second-order valence-electron chi connectivity index (χ2n) is 4.84. The molecule has 1 saturated heterocycles. The lowest BCUT2D eigenvalue weighted by Crippen LogP contribution is -2.36. The lowest BCUT2D eigenvalue weighted by atomic mass is 10.1. The summed E-state index contributed by atoms with van der Waals surface area (Å²) in [6.07, 6.45) is -0.355. The Balaban J connectivity index is 1.98. The minimum Gasteiger partial charge on any atom is -0.392 e. The van der Waals surface area contributed by atoms with Gasteiger partial charge >= 0.3 is 0 Å². The molecule has 0 bridgehead atoms. The first-order valence-corrected chi connectivity index (χ1v) is 6.39. The smallest absolute Gasteiger partial charge is 0.227 e. The highest BCUT2D eigenvalue weighted by molar-refractivity contribution is 6.00. The molecule has 2 N–H and O–H groups in total. The summed E-state index contributed by atoms with van der Waals surface area (Å²) in [5.41, 5.74) is 0.818. The van der Waals surface area contributed by atoms with Gasteiger partial charge in [-0.1, -0.05) is 18.2 Å². The number of carbonyl (C=O) groups excluding carboxylic acids is 2. The molecule has 102 valence electrons. The van der Waals surface area contributed by atoms with Crippen LogP contribution in [-0.4, -0.2) is 36.1 Å². The van der Waals surface area contributed by atoms with E-state index in [0.29, 0.717) is 6.54 Å². The van der Waals surface area contributed by atoms with Gasteiger partial charge in [-0.3, -0.25) is 9.59 Å². The van der Waals surface area contributed by atoms with E-state index in [-0.39, 0.29) is 30.7 Å². The normalized spacial score (nSPS) is 20.4. The molecule has 0 aromatic heterocycles. The van der Waals surface area contributed by atoms with Crippen LogP contribution in [0, 0.1) is 5.92 Å². The van der Waals surface area contributed by atoms with Crippen molar-refractivity contribution in [1.82, 2.24) is 5.32 Å². The Morgan fingerprint density at radius 2 is 2.16 bits per heavy atom. The van der Waals surface area contributed by atoms with Crippen molar-refractivity contribution in [2.24, 2.45) is 5.92 Å². The number of amides is 2. The number of carbonyl (C=O) groups is 2. The summed E-state index contributed by atoms with van der Waals surface area (Å²) in [5, 5.41) is 11.8. The molecule has 1 aromatic carbocycles. The number of nitrogens with one attached hydrogen (secondary N) is 1. The van der Waals surface area contributed by atoms with Crippen LogP contribution in [-0.2, 0) is 9.59 Å². The number of nitrogens with zero attached hydrogens (tertiary/aromatic N) is 1. The zero-order chi connectivity index (χ0) is 13.8. The average Bonchev–Trinajstić information content (AvgIpc) is 2.79. The third kappa shape index (κ3) is 3.32. The van der Waals surface area contributed by atoms with E-state index < -0.39 is 6.10 Å². The Morgan fingerprint density at radius 1 is 1.47 bits per heavy atom. The van der Waals surface area contributed by atoms with Crippen LogP contribution in [0.2, 0.25) is 0 Å². The van der Waals surface area contributed by atoms with Crippen LogP contribution in [0.4, 0.5) is 5.69 Å². The molecular weight excluding hydrogens is 244 g/mol. The van der Waals surface area contributed by atoms with E-state index in [0.717, 1.165) is 5.69 Å². The van der Waals surface area contributed by atoms with Crippen LogP contribution in [0.15, 0.2) is 30.3 Å². The Labute approximate surface area is 112 Å². The van der Waals surface area contributed by atoms with E-state index in [1.54, 1.807) is 11.8 Å². The van der Waals surface area contributed by atoms with Gasteiger partial charge < -0.3 is 15.3 Å². The third-order valence-electron chi connectivity index (χ3n) is 3.14. The fourth-order valence-corrected chi connectivity index (χ4v) is 2.13. The zero-order valence-corrected chi connectivity index (χ0v) is 10.9. The highest BCUT2D eigenvalue weighted by Gasteiger charge is 2.34. The van der Waals surface area contributed by atoms with Crippen LogP contribution < -0.4 is 10.2 Å². The summed E-state index contributed by atoms with van der Waals surface area (Å²) in [7, 11) is 0. The molecule has 0 aliphatic carbocycles. The third-order valence-corrected chi connectivity index (χ3v) is 3.14. The molecular formula is C14H18N2O3. The fourth-order valence-electron chi connectivity index (χ4n) is 2.13. The Hall–Kier alpha value is -1.88. The number of para-hydroxylation sites is 1. The molecule has 2 atom stereocenters. The van der Waals surface area contributed by atoms with Crippen molar-refractivity contribution in [3.8, 4) is 0 Å². The maximum absolute atomic E-state index is 11.9. The number of benzene rings is 1. The van der Waals surface area contributed by atoms with E-state index in [2.05, 4.69) is 5.32 Å². The largest absolute Gasteiger partial charge is 0.392 e.